The lowest BCUT2D eigenvalue weighted by Gasteiger charge is -2.39. The highest BCUT2D eigenvalue weighted by Crippen LogP contribution is 2.41. The van der Waals surface area contributed by atoms with Gasteiger partial charge in [0.25, 0.3) is 5.91 Å². The van der Waals surface area contributed by atoms with E-state index < -0.39 is 0 Å². The van der Waals surface area contributed by atoms with E-state index in [-0.39, 0.29) is 5.91 Å². The molecule has 4 rings (SSSR count). The molecule has 5 nitrogen and oxygen atoms in total. The minimum atomic E-state index is 0.135. The van der Waals surface area contributed by atoms with Crippen molar-refractivity contribution >= 4 is 5.91 Å². The van der Waals surface area contributed by atoms with Crippen LogP contribution in [-0.2, 0) is 13.6 Å². The second kappa shape index (κ2) is 6.64. The molecule has 2 aromatic heterocycles. The predicted octanol–water partition coefficient (Wildman–Crippen LogP) is 2.55. The van der Waals surface area contributed by atoms with Gasteiger partial charge in [-0.1, -0.05) is 0 Å². The molecule has 25 heavy (non-hydrogen) atoms. The number of pyridine rings is 1. The van der Waals surface area contributed by atoms with Crippen LogP contribution in [0.3, 0.4) is 0 Å². The number of carbonyl (C=O) groups is 1. The van der Waals surface area contributed by atoms with Gasteiger partial charge in [-0.2, -0.15) is 0 Å². The Balaban J connectivity index is 1.34. The molecule has 0 bridgehead atoms. The summed E-state index contributed by atoms with van der Waals surface area (Å²) < 4.78 is 2.20. The number of aryl methyl sites for hydroxylation is 1. The van der Waals surface area contributed by atoms with Crippen LogP contribution in [-0.4, -0.2) is 51.4 Å². The van der Waals surface area contributed by atoms with Gasteiger partial charge in [0, 0.05) is 51.0 Å². The molecule has 2 aromatic rings. The van der Waals surface area contributed by atoms with E-state index in [2.05, 4.69) is 39.8 Å². The van der Waals surface area contributed by atoms with Crippen LogP contribution in [0.2, 0.25) is 0 Å². The maximum atomic E-state index is 12.7. The Morgan fingerprint density at radius 3 is 2.64 bits per heavy atom. The van der Waals surface area contributed by atoms with E-state index in [1.54, 1.807) is 12.4 Å². The van der Waals surface area contributed by atoms with Gasteiger partial charge in [-0.25, -0.2) is 0 Å². The molecule has 4 heterocycles. The van der Waals surface area contributed by atoms with Crippen molar-refractivity contribution in [1.29, 1.82) is 0 Å². The molecular formula is C20H26N4O. The standard InChI is InChI=1S/C20H26N4O/c1-22-10-3-5-18(22)15-23-11-6-20(7-12-23)8-13-24(16-20)19(25)17-4-2-9-21-14-17/h2-5,9-10,14H,6-8,11-13,15-16H2,1H3. The van der Waals surface area contributed by atoms with Crippen molar-refractivity contribution in [3.05, 3.63) is 54.1 Å². The van der Waals surface area contributed by atoms with Crippen LogP contribution < -0.4 is 0 Å². The van der Waals surface area contributed by atoms with Gasteiger partial charge in [-0.15, -0.1) is 0 Å². The number of hydrogen-bond donors (Lipinski definition) is 0. The van der Waals surface area contributed by atoms with Crippen molar-refractivity contribution in [3.63, 3.8) is 0 Å². The summed E-state index contributed by atoms with van der Waals surface area (Å²) in [6.45, 7) is 5.06. The summed E-state index contributed by atoms with van der Waals surface area (Å²) in [6, 6.07) is 8.01. The maximum Gasteiger partial charge on any atom is 0.255 e. The molecule has 2 saturated heterocycles. The first kappa shape index (κ1) is 16.3. The molecule has 0 saturated carbocycles. The Morgan fingerprint density at radius 2 is 1.96 bits per heavy atom. The first-order valence-electron chi connectivity index (χ1n) is 9.17. The fourth-order valence-electron chi connectivity index (χ4n) is 4.26. The summed E-state index contributed by atoms with van der Waals surface area (Å²) in [4.78, 5) is 21.3. The first-order valence-corrected chi connectivity index (χ1v) is 9.17. The Kier molecular flexibility index (Phi) is 4.34. The molecule has 1 spiro atoms. The van der Waals surface area contributed by atoms with Crippen molar-refractivity contribution in [1.82, 2.24) is 19.4 Å². The van der Waals surface area contributed by atoms with Gasteiger partial charge in [0.2, 0.25) is 0 Å². The smallest absolute Gasteiger partial charge is 0.255 e. The van der Waals surface area contributed by atoms with Crippen molar-refractivity contribution in [2.45, 2.75) is 25.8 Å². The van der Waals surface area contributed by atoms with Gasteiger partial charge in [-0.3, -0.25) is 14.7 Å². The molecule has 0 radical (unpaired) electrons. The minimum absolute atomic E-state index is 0.135. The number of amides is 1. The molecule has 132 valence electrons. The molecule has 0 aliphatic carbocycles. The molecule has 2 aliphatic heterocycles. The molecule has 0 N–H and O–H groups in total. The van der Waals surface area contributed by atoms with Crippen LogP contribution >= 0.6 is 0 Å². The highest BCUT2D eigenvalue weighted by molar-refractivity contribution is 5.94. The number of likely N-dealkylation sites (tertiary alicyclic amines) is 2. The normalized spacial score (nSPS) is 20.3. The van der Waals surface area contributed by atoms with Crippen molar-refractivity contribution in [2.75, 3.05) is 26.2 Å². The monoisotopic (exact) mass is 338 g/mol. The number of rotatable bonds is 3. The zero-order chi connectivity index (χ0) is 17.3. The van der Waals surface area contributed by atoms with E-state index in [1.807, 2.05) is 17.0 Å². The summed E-state index contributed by atoms with van der Waals surface area (Å²) in [5.74, 6) is 0.135. The number of nitrogens with zero attached hydrogens (tertiary/aromatic N) is 4. The van der Waals surface area contributed by atoms with Crippen LogP contribution in [0.1, 0.15) is 35.3 Å². The third-order valence-electron chi connectivity index (χ3n) is 5.99. The summed E-state index contributed by atoms with van der Waals surface area (Å²) in [6.07, 6.45) is 9.01. The van der Waals surface area contributed by atoms with Crippen molar-refractivity contribution < 1.29 is 4.79 Å². The lowest BCUT2D eigenvalue weighted by molar-refractivity contribution is 0.0711. The van der Waals surface area contributed by atoms with Crippen LogP contribution in [0, 0.1) is 5.41 Å². The van der Waals surface area contributed by atoms with Gasteiger partial charge >= 0.3 is 0 Å². The Hall–Kier alpha value is -2.14. The van der Waals surface area contributed by atoms with Gasteiger partial charge in [0.15, 0.2) is 0 Å². The highest BCUT2D eigenvalue weighted by Gasteiger charge is 2.42. The van der Waals surface area contributed by atoms with Crippen molar-refractivity contribution in [2.24, 2.45) is 12.5 Å². The minimum Gasteiger partial charge on any atom is -0.353 e. The van der Waals surface area contributed by atoms with Gasteiger partial charge in [0.1, 0.15) is 0 Å². The van der Waals surface area contributed by atoms with Crippen LogP contribution in [0.25, 0.3) is 0 Å². The van der Waals surface area contributed by atoms with Crippen LogP contribution in [0.4, 0.5) is 0 Å². The Labute approximate surface area is 149 Å². The SMILES string of the molecule is Cn1cccc1CN1CCC2(CC1)CCN(C(=O)c1cccnc1)C2. The molecule has 0 unspecified atom stereocenters. The molecule has 2 fully saturated rings. The molecular weight excluding hydrogens is 312 g/mol. The average Bonchev–Trinajstić information content (AvgIpc) is 3.24. The van der Waals surface area contributed by atoms with Crippen LogP contribution in [0.5, 0.6) is 0 Å². The molecule has 1 amide bonds. The number of hydrogen-bond acceptors (Lipinski definition) is 3. The van der Waals surface area contributed by atoms with Gasteiger partial charge in [-0.05, 0) is 62.0 Å². The highest BCUT2D eigenvalue weighted by atomic mass is 16.2. The second-order valence-electron chi connectivity index (χ2n) is 7.60. The van der Waals surface area contributed by atoms with Crippen molar-refractivity contribution in [3.8, 4) is 0 Å². The van der Waals surface area contributed by atoms with E-state index in [9.17, 15) is 4.79 Å². The second-order valence-corrected chi connectivity index (χ2v) is 7.60. The quantitative estimate of drug-likeness (QED) is 0.864. The molecule has 0 aromatic carbocycles. The number of aromatic nitrogens is 2. The zero-order valence-electron chi connectivity index (χ0n) is 14.9. The van der Waals surface area contributed by atoms with Gasteiger partial charge < -0.3 is 9.47 Å². The summed E-state index contributed by atoms with van der Waals surface area (Å²) in [5.41, 5.74) is 2.40. The van der Waals surface area contributed by atoms with Crippen LogP contribution in [0.15, 0.2) is 42.9 Å². The zero-order valence-corrected chi connectivity index (χ0v) is 14.9. The summed E-state index contributed by atoms with van der Waals surface area (Å²) >= 11 is 0. The first-order chi connectivity index (χ1) is 12.2. The lowest BCUT2D eigenvalue weighted by Crippen LogP contribution is -2.42. The fourth-order valence-corrected chi connectivity index (χ4v) is 4.26. The van der Waals surface area contributed by atoms with E-state index in [0.29, 0.717) is 11.0 Å². The lowest BCUT2D eigenvalue weighted by atomic mass is 9.78. The third kappa shape index (κ3) is 3.33. The third-order valence-corrected chi connectivity index (χ3v) is 5.99. The Morgan fingerprint density at radius 1 is 1.16 bits per heavy atom. The average molecular weight is 338 g/mol. The van der Waals surface area contributed by atoms with E-state index in [1.165, 1.54) is 18.5 Å². The summed E-state index contributed by atoms with van der Waals surface area (Å²) in [7, 11) is 2.11. The number of carbonyl (C=O) groups excluding carboxylic acids is 1. The maximum absolute atomic E-state index is 12.7. The Bertz CT molecular complexity index is 731. The molecule has 0 atom stereocenters. The van der Waals surface area contributed by atoms with Gasteiger partial charge in [0.05, 0.1) is 5.56 Å². The molecule has 5 heteroatoms. The van der Waals surface area contributed by atoms with E-state index in [0.717, 1.165) is 39.1 Å². The topological polar surface area (TPSA) is 41.4 Å². The number of piperidine rings is 1. The van der Waals surface area contributed by atoms with E-state index in [4.69, 9.17) is 0 Å². The predicted molar refractivity (Wildman–Crippen MR) is 97.1 cm³/mol. The van der Waals surface area contributed by atoms with E-state index >= 15 is 0 Å². The fraction of sp³-hybridized carbons (Fsp3) is 0.500. The largest absolute Gasteiger partial charge is 0.353 e. The molecule has 2 aliphatic rings. The summed E-state index contributed by atoms with van der Waals surface area (Å²) in [5, 5.41) is 0.